The van der Waals surface area contributed by atoms with Crippen LogP contribution in [0.1, 0.15) is 42.3 Å². The van der Waals surface area contributed by atoms with Gasteiger partial charge in [0, 0.05) is 11.8 Å². The van der Waals surface area contributed by atoms with Crippen molar-refractivity contribution in [3.63, 3.8) is 0 Å². The van der Waals surface area contributed by atoms with Crippen molar-refractivity contribution in [2.75, 3.05) is 4.90 Å². The fourth-order valence-corrected chi connectivity index (χ4v) is 3.83. The average molecular weight is 380 g/mol. The van der Waals surface area contributed by atoms with Gasteiger partial charge in [-0.2, -0.15) is 0 Å². The van der Waals surface area contributed by atoms with Crippen LogP contribution in [0.3, 0.4) is 0 Å². The summed E-state index contributed by atoms with van der Waals surface area (Å²) in [5, 5.41) is 0. The zero-order chi connectivity index (χ0) is 20.1. The van der Waals surface area contributed by atoms with Crippen molar-refractivity contribution in [1.82, 2.24) is 4.40 Å². The second-order valence-corrected chi connectivity index (χ2v) is 7.03. The van der Waals surface area contributed by atoms with Crippen LogP contribution in [-0.4, -0.2) is 22.0 Å². The first-order valence-electron chi connectivity index (χ1n) is 9.26. The van der Waals surface area contributed by atoms with Crippen molar-refractivity contribution in [2.45, 2.75) is 6.92 Å². The van der Waals surface area contributed by atoms with Crippen molar-refractivity contribution in [1.29, 1.82) is 0 Å². The Labute approximate surface area is 166 Å². The number of hydrogen-bond donors (Lipinski definition) is 0. The third-order valence-corrected chi connectivity index (χ3v) is 5.22. The summed E-state index contributed by atoms with van der Waals surface area (Å²) in [6.45, 7) is 1.94. The number of carbonyl (C=O) groups excluding carboxylic acids is 3. The predicted molar refractivity (Wildman–Crippen MR) is 110 cm³/mol. The number of para-hydroxylation sites is 1. The maximum absolute atomic E-state index is 13.4. The first kappa shape index (κ1) is 17.1. The molecule has 0 radical (unpaired) electrons. The average Bonchev–Trinajstić information content (AvgIpc) is 3.22. The highest BCUT2D eigenvalue weighted by atomic mass is 16.2. The molecule has 0 fully saturated rings. The van der Waals surface area contributed by atoms with Crippen LogP contribution in [0.4, 0.5) is 5.69 Å². The van der Waals surface area contributed by atoms with Crippen LogP contribution in [-0.2, 0) is 0 Å². The number of fused-ring (bicyclic) bond motifs is 3. The zero-order valence-corrected chi connectivity index (χ0v) is 15.6. The number of aromatic nitrogens is 1. The Morgan fingerprint density at radius 3 is 2.14 bits per heavy atom. The summed E-state index contributed by atoms with van der Waals surface area (Å²) >= 11 is 0. The number of ketones is 1. The highest BCUT2D eigenvalue weighted by Crippen LogP contribution is 2.35. The van der Waals surface area contributed by atoms with Crippen LogP contribution in [0.5, 0.6) is 0 Å². The van der Waals surface area contributed by atoms with Crippen LogP contribution in [0.2, 0.25) is 0 Å². The molecule has 0 saturated carbocycles. The molecule has 0 atom stereocenters. The number of anilines is 1. The Morgan fingerprint density at radius 2 is 1.41 bits per heavy atom. The van der Waals surface area contributed by atoms with E-state index in [0.29, 0.717) is 16.8 Å². The predicted octanol–water partition coefficient (Wildman–Crippen LogP) is 4.28. The molecule has 0 bridgehead atoms. The number of pyridine rings is 1. The number of benzene rings is 2. The molecular formula is C24H16N2O3. The lowest BCUT2D eigenvalue weighted by Crippen LogP contribution is -2.30. The van der Waals surface area contributed by atoms with Gasteiger partial charge >= 0.3 is 0 Å². The minimum atomic E-state index is -0.477. The largest absolute Gasteiger partial charge is 0.312 e. The summed E-state index contributed by atoms with van der Waals surface area (Å²) < 4.78 is 1.64. The van der Waals surface area contributed by atoms with Crippen molar-refractivity contribution in [2.24, 2.45) is 0 Å². The van der Waals surface area contributed by atoms with E-state index in [1.54, 1.807) is 65.2 Å². The van der Waals surface area contributed by atoms with E-state index in [-0.39, 0.29) is 22.6 Å². The number of rotatable bonds is 3. The summed E-state index contributed by atoms with van der Waals surface area (Å²) in [5.41, 5.74) is 3.20. The lowest BCUT2D eigenvalue weighted by atomic mass is 10.0. The van der Waals surface area contributed by atoms with Gasteiger partial charge in [-0.1, -0.05) is 54.1 Å². The molecule has 140 valence electrons. The highest BCUT2D eigenvalue weighted by molar-refractivity contribution is 6.39. The van der Waals surface area contributed by atoms with E-state index in [4.69, 9.17) is 0 Å². The molecule has 5 rings (SSSR count). The molecule has 1 aliphatic heterocycles. The minimum Gasteiger partial charge on any atom is -0.312 e. The second kappa shape index (κ2) is 6.27. The van der Waals surface area contributed by atoms with E-state index in [1.807, 2.05) is 25.1 Å². The van der Waals surface area contributed by atoms with E-state index < -0.39 is 11.8 Å². The molecule has 5 heteroatoms. The Hall–Kier alpha value is -3.99. The zero-order valence-electron chi connectivity index (χ0n) is 15.6. The number of aryl methyl sites for hydroxylation is 1. The monoisotopic (exact) mass is 380 g/mol. The van der Waals surface area contributed by atoms with Crippen molar-refractivity contribution >= 4 is 28.8 Å². The number of carbonyl (C=O) groups is 3. The molecule has 29 heavy (non-hydrogen) atoms. The SMILES string of the molecule is Cc1ccc(C(=O)c2c3c(c4ccccn24)C(=O)N(c2ccccc2)C3=O)cc1. The summed E-state index contributed by atoms with van der Waals surface area (Å²) in [7, 11) is 0. The van der Waals surface area contributed by atoms with Crippen LogP contribution >= 0.6 is 0 Å². The van der Waals surface area contributed by atoms with E-state index in [1.165, 1.54) is 0 Å². The third kappa shape index (κ3) is 2.44. The lowest BCUT2D eigenvalue weighted by Gasteiger charge is -2.15. The Balaban J connectivity index is 1.75. The van der Waals surface area contributed by atoms with Gasteiger partial charge in [0.25, 0.3) is 11.8 Å². The van der Waals surface area contributed by atoms with Crippen LogP contribution < -0.4 is 4.90 Å². The van der Waals surface area contributed by atoms with Gasteiger partial charge in [-0.25, -0.2) is 4.90 Å². The van der Waals surface area contributed by atoms with Gasteiger partial charge in [-0.3, -0.25) is 14.4 Å². The smallest absolute Gasteiger partial charge is 0.268 e. The Bertz CT molecular complexity index is 1300. The molecule has 0 unspecified atom stereocenters. The van der Waals surface area contributed by atoms with Crippen LogP contribution in [0.25, 0.3) is 5.52 Å². The number of imide groups is 1. The molecule has 3 heterocycles. The summed E-state index contributed by atoms with van der Waals surface area (Å²) in [5.74, 6) is -1.18. The number of amides is 2. The van der Waals surface area contributed by atoms with Crippen molar-refractivity contribution in [3.05, 3.63) is 107 Å². The Kier molecular flexibility index (Phi) is 3.71. The van der Waals surface area contributed by atoms with Crippen molar-refractivity contribution < 1.29 is 14.4 Å². The topological polar surface area (TPSA) is 58.9 Å². The van der Waals surface area contributed by atoms with E-state index in [0.717, 1.165) is 10.5 Å². The fraction of sp³-hybridized carbons (Fsp3) is 0.0417. The van der Waals surface area contributed by atoms with Crippen molar-refractivity contribution in [3.8, 4) is 0 Å². The maximum atomic E-state index is 13.4. The molecule has 2 aromatic carbocycles. The highest BCUT2D eigenvalue weighted by Gasteiger charge is 2.43. The molecule has 2 amide bonds. The van der Waals surface area contributed by atoms with E-state index in [2.05, 4.69) is 0 Å². The summed E-state index contributed by atoms with van der Waals surface area (Å²) in [6.07, 6.45) is 1.71. The van der Waals surface area contributed by atoms with Gasteiger partial charge in [0.05, 0.1) is 22.3 Å². The molecule has 0 N–H and O–H groups in total. The van der Waals surface area contributed by atoms with Gasteiger partial charge in [-0.15, -0.1) is 0 Å². The molecule has 0 saturated heterocycles. The van der Waals surface area contributed by atoms with Gasteiger partial charge in [0.2, 0.25) is 5.78 Å². The summed E-state index contributed by atoms with van der Waals surface area (Å²) in [6, 6.07) is 21.3. The molecule has 0 spiro atoms. The number of hydrogen-bond acceptors (Lipinski definition) is 3. The van der Waals surface area contributed by atoms with E-state index in [9.17, 15) is 14.4 Å². The van der Waals surface area contributed by atoms with Gasteiger partial charge in [0.15, 0.2) is 0 Å². The minimum absolute atomic E-state index is 0.163. The third-order valence-electron chi connectivity index (χ3n) is 5.22. The standard InChI is InChI=1S/C24H16N2O3/c1-15-10-12-16(13-11-15)22(27)21-20-19(18-9-5-6-14-25(18)21)23(28)26(24(20)29)17-7-3-2-4-8-17/h2-14H,1H3. The summed E-state index contributed by atoms with van der Waals surface area (Å²) in [4.78, 5) is 41.1. The number of nitrogens with zero attached hydrogens (tertiary/aromatic N) is 2. The molecule has 2 aromatic heterocycles. The van der Waals surface area contributed by atoms with Gasteiger partial charge in [0.1, 0.15) is 5.69 Å². The fourth-order valence-electron chi connectivity index (χ4n) is 3.83. The quantitative estimate of drug-likeness (QED) is 0.394. The molecule has 4 aromatic rings. The normalized spacial score (nSPS) is 13.2. The molecule has 1 aliphatic rings. The maximum Gasteiger partial charge on any atom is 0.268 e. The Morgan fingerprint density at radius 1 is 0.759 bits per heavy atom. The van der Waals surface area contributed by atoms with Crippen LogP contribution in [0, 0.1) is 6.92 Å². The molecular weight excluding hydrogens is 364 g/mol. The molecule has 0 aliphatic carbocycles. The molecule has 5 nitrogen and oxygen atoms in total. The van der Waals surface area contributed by atoms with Gasteiger partial charge in [-0.05, 0) is 31.2 Å². The first-order valence-corrected chi connectivity index (χ1v) is 9.26. The second-order valence-electron chi connectivity index (χ2n) is 7.03. The lowest BCUT2D eigenvalue weighted by molar-refractivity contribution is 0.0919. The first-order chi connectivity index (χ1) is 14.1. The van der Waals surface area contributed by atoms with Crippen LogP contribution in [0.15, 0.2) is 79.0 Å². The van der Waals surface area contributed by atoms with E-state index >= 15 is 0 Å². The van der Waals surface area contributed by atoms with Gasteiger partial charge < -0.3 is 4.40 Å².